The first-order valence-electron chi connectivity index (χ1n) is 8.53. The second kappa shape index (κ2) is 7.14. The van der Waals surface area contributed by atoms with Crippen LogP contribution < -0.4 is 4.74 Å². The Labute approximate surface area is 138 Å². The molecule has 0 N–H and O–H groups in total. The molecule has 23 heavy (non-hydrogen) atoms. The van der Waals surface area contributed by atoms with E-state index in [1.54, 1.807) is 7.11 Å². The minimum absolute atomic E-state index is 0.132. The maximum atomic E-state index is 12.6. The van der Waals surface area contributed by atoms with Crippen LogP contribution in [0.2, 0.25) is 0 Å². The van der Waals surface area contributed by atoms with E-state index in [2.05, 4.69) is 11.0 Å². The molecule has 0 aromatic heterocycles. The summed E-state index contributed by atoms with van der Waals surface area (Å²) >= 11 is 0. The number of likely N-dealkylation sites (tertiary alicyclic amines) is 1. The lowest BCUT2D eigenvalue weighted by Gasteiger charge is -2.35. The number of methoxy groups -OCH3 is 1. The molecule has 1 aromatic rings. The van der Waals surface area contributed by atoms with E-state index in [9.17, 15) is 4.79 Å². The number of piperidine rings is 1. The van der Waals surface area contributed by atoms with Gasteiger partial charge in [0.25, 0.3) is 0 Å². The van der Waals surface area contributed by atoms with Crippen LogP contribution in [0.4, 0.5) is 0 Å². The van der Waals surface area contributed by atoms with Crippen LogP contribution in [0.3, 0.4) is 0 Å². The molecule has 1 aromatic carbocycles. The molecule has 1 aliphatic heterocycles. The molecule has 0 amide bonds. The number of benzene rings is 1. The highest BCUT2D eigenvalue weighted by molar-refractivity contribution is 5.98. The third-order valence-corrected chi connectivity index (χ3v) is 5.38. The molecule has 1 aliphatic carbocycles. The summed E-state index contributed by atoms with van der Waals surface area (Å²) < 4.78 is 5.14. The quantitative estimate of drug-likeness (QED) is 0.801. The van der Waals surface area contributed by atoms with Gasteiger partial charge in [-0.05, 0) is 69.5 Å². The maximum Gasteiger partial charge on any atom is 0.166 e. The van der Waals surface area contributed by atoms with Crippen LogP contribution in [-0.2, 0) is 0 Å². The summed E-state index contributed by atoms with van der Waals surface area (Å²) in [6, 6.07) is 10.4. The van der Waals surface area contributed by atoms with Gasteiger partial charge in [-0.15, -0.1) is 0 Å². The lowest BCUT2D eigenvalue weighted by atomic mass is 9.88. The van der Waals surface area contributed by atoms with E-state index < -0.39 is 0 Å². The van der Waals surface area contributed by atoms with Crippen LogP contribution in [0.15, 0.2) is 24.3 Å². The Morgan fingerprint density at radius 1 is 1.17 bits per heavy atom. The third-order valence-electron chi connectivity index (χ3n) is 5.38. The Kier molecular flexibility index (Phi) is 4.97. The number of Topliss-reactive ketones (excluding diaryl/α,β-unsaturated/α-hetero) is 1. The number of hydrogen-bond donors (Lipinski definition) is 0. The molecule has 1 saturated carbocycles. The molecule has 0 unspecified atom stereocenters. The van der Waals surface area contributed by atoms with Gasteiger partial charge in [-0.1, -0.05) is 0 Å². The highest BCUT2D eigenvalue weighted by atomic mass is 16.5. The number of nitrogens with zero attached hydrogens (tertiary/aromatic N) is 2. The van der Waals surface area contributed by atoms with E-state index in [1.807, 2.05) is 24.3 Å². The van der Waals surface area contributed by atoms with Gasteiger partial charge < -0.3 is 9.64 Å². The van der Waals surface area contributed by atoms with Crippen molar-refractivity contribution in [2.24, 2.45) is 11.8 Å². The number of carbonyl (C=O) groups is 1. The van der Waals surface area contributed by atoms with E-state index in [0.29, 0.717) is 6.04 Å². The van der Waals surface area contributed by atoms with Crippen molar-refractivity contribution in [1.29, 1.82) is 5.26 Å². The lowest BCUT2D eigenvalue weighted by Crippen LogP contribution is -2.41. The van der Waals surface area contributed by atoms with Crippen molar-refractivity contribution in [3.8, 4) is 11.8 Å². The SMILES string of the molecule is COc1ccc(C(=O)C2CCN([C@@H]3CC[C@@H](C#N)C3)CC2)cc1. The zero-order valence-corrected chi connectivity index (χ0v) is 13.7. The summed E-state index contributed by atoms with van der Waals surface area (Å²) in [6.45, 7) is 1.96. The minimum atomic E-state index is 0.132. The molecule has 4 heteroatoms. The summed E-state index contributed by atoms with van der Waals surface area (Å²) in [5, 5.41) is 9.04. The van der Waals surface area contributed by atoms with Crippen LogP contribution in [0.25, 0.3) is 0 Å². The fraction of sp³-hybridized carbons (Fsp3) is 0.579. The first-order chi connectivity index (χ1) is 11.2. The van der Waals surface area contributed by atoms with Gasteiger partial charge in [0.15, 0.2) is 5.78 Å². The standard InChI is InChI=1S/C19H24N2O2/c1-23-18-6-3-15(4-7-18)19(22)16-8-10-21(11-9-16)17-5-2-14(12-17)13-20/h3-4,6-7,14,16-17H,2,5,8-12H2,1H3/t14-,17-/m1/s1. The monoisotopic (exact) mass is 312 g/mol. The number of nitriles is 1. The Bertz CT molecular complexity index is 582. The van der Waals surface area contributed by atoms with Crippen molar-refractivity contribution in [3.63, 3.8) is 0 Å². The van der Waals surface area contributed by atoms with Gasteiger partial charge in [-0.3, -0.25) is 4.79 Å². The fourth-order valence-corrected chi connectivity index (χ4v) is 3.92. The Balaban J connectivity index is 1.54. The summed E-state index contributed by atoms with van der Waals surface area (Å²) in [7, 11) is 1.63. The fourth-order valence-electron chi connectivity index (χ4n) is 3.92. The average molecular weight is 312 g/mol. The van der Waals surface area contributed by atoms with Gasteiger partial charge in [0, 0.05) is 23.4 Å². The predicted octanol–water partition coefficient (Wildman–Crippen LogP) is 3.28. The first kappa shape index (κ1) is 16.0. The normalized spacial score (nSPS) is 25.9. The van der Waals surface area contributed by atoms with Gasteiger partial charge in [0.1, 0.15) is 5.75 Å². The van der Waals surface area contributed by atoms with Gasteiger partial charge in [-0.2, -0.15) is 5.26 Å². The number of hydrogen-bond acceptors (Lipinski definition) is 4. The molecule has 2 fully saturated rings. The highest BCUT2D eigenvalue weighted by Crippen LogP contribution is 2.32. The largest absolute Gasteiger partial charge is 0.497 e. The predicted molar refractivity (Wildman–Crippen MR) is 88.4 cm³/mol. The van der Waals surface area contributed by atoms with Gasteiger partial charge >= 0.3 is 0 Å². The molecular weight excluding hydrogens is 288 g/mol. The number of ketones is 1. The third kappa shape index (κ3) is 3.56. The summed E-state index contributed by atoms with van der Waals surface area (Å²) in [5.41, 5.74) is 0.787. The van der Waals surface area contributed by atoms with E-state index in [-0.39, 0.29) is 17.6 Å². The Morgan fingerprint density at radius 3 is 2.43 bits per heavy atom. The smallest absolute Gasteiger partial charge is 0.166 e. The van der Waals surface area contributed by atoms with Crippen LogP contribution >= 0.6 is 0 Å². The zero-order chi connectivity index (χ0) is 16.2. The first-order valence-corrected chi connectivity index (χ1v) is 8.53. The second-order valence-corrected chi connectivity index (χ2v) is 6.70. The number of carbonyl (C=O) groups excluding carboxylic acids is 1. The van der Waals surface area contributed by atoms with Crippen LogP contribution in [0, 0.1) is 23.2 Å². The lowest BCUT2D eigenvalue weighted by molar-refractivity contribution is 0.0792. The number of rotatable bonds is 4. The molecule has 0 spiro atoms. The summed E-state index contributed by atoms with van der Waals surface area (Å²) in [5.74, 6) is 1.41. The minimum Gasteiger partial charge on any atom is -0.497 e. The van der Waals surface area contributed by atoms with Crippen molar-refractivity contribution in [1.82, 2.24) is 4.90 Å². The molecule has 2 aliphatic rings. The van der Waals surface area contributed by atoms with E-state index in [0.717, 1.165) is 56.5 Å². The number of ether oxygens (including phenoxy) is 1. The molecule has 2 atom stereocenters. The average Bonchev–Trinajstić information content (AvgIpc) is 3.10. The molecule has 0 bridgehead atoms. The molecular formula is C19H24N2O2. The van der Waals surface area contributed by atoms with Crippen molar-refractivity contribution < 1.29 is 9.53 Å². The van der Waals surface area contributed by atoms with Crippen LogP contribution in [-0.4, -0.2) is 36.9 Å². The van der Waals surface area contributed by atoms with Crippen molar-refractivity contribution >= 4 is 5.78 Å². The van der Waals surface area contributed by atoms with E-state index in [4.69, 9.17) is 10.00 Å². The molecule has 122 valence electrons. The highest BCUT2D eigenvalue weighted by Gasteiger charge is 2.33. The van der Waals surface area contributed by atoms with Gasteiger partial charge in [0.2, 0.25) is 0 Å². The maximum absolute atomic E-state index is 12.6. The van der Waals surface area contributed by atoms with Crippen molar-refractivity contribution in [3.05, 3.63) is 29.8 Å². The van der Waals surface area contributed by atoms with Gasteiger partial charge in [-0.25, -0.2) is 0 Å². The van der Waals surface area contributed by atoms with Gasteiger partial charge in [0.05, 0.1) is 13.2 Å². The summed E-state index contributed by atoms with van der Waals surface area (Å²) in [6.07, 6.45) is 5.03. The van der Waals surface area contributed by atoms with E-state index in [1.165, 1.54) is 0 Å². The Morgan fingerprint density at radius 2 is 1.87 bits per heavy atom. The molecule has 3 rings (SSSR count). The van der Waals surface area contributed by atoms with Crippen LogP contribution in [0.1, 0.15) is 42.5 Å². The Hall–Kier alpha value is -1.86. The van der Waals surface area contributed by atoms with Crippen molar-refractivity contribution in [2.75, 3.05) is 20.2 Å². The topological polar surface area (TPSA) is 53.3 Å². The summed E-state index contributed by atoms with van der Waals surface area (Å²) in [4.78, 5) is 15.1. The molecule has 1 saturated heterocycles. The second-order valence-electron chi connectivity index (χ2n) is 6.70. The van der Waals surface area contributed by atoms with Crippen molar-refractivity contribution in [2.45, 2.75) is 38.1 Å². The van der Waals surface area contributed by atoms with Crippen LogP contribution in [0.5, 0.6) is 5.75 Å². The molecule has 1 heterocycles. The zero-order valence-electron chi connectivity index (χ0n) is 13.7. The van der Waals surface area contributed by atoms with E-state index >= 15 is 0 Å². The molecule has 0 radical (unpaired) electrons. The molecule has 4 nitrogen and oxygen atoms in total.